The molecule has 0 fully saturated rings. The molecule has 0 saturated heterocycles. The Balaban J connectivity index is 2.56. The first-order chi connectivity index (χ1) is 7.76. The van der Waals surface area contributed by atoms with Crippen LogP contribution in [-0.2, 0) is 6.42 Å². The van der Waals surface area contributed by atoms with E-state index in [0.717, 1.165) is 17.9 Å². The highest BCUT2D eigenvalue weighted by atomic mass is 32.1. The Morgan fingerprint density at radius 1 is 1.38 bits per heavy atom. The van der Waals surface area contributed by atoms with Crippen molar-refractivity contribution in [3.8, 4) is 11.3 Å². The molecule has 4 heteroatoms. The van der Waals surface area contributed by atoms with Crippen molar-refractivity contribution >= 4 is 17.2 Å². The van der Waals surface area contributed by atoms with Gasteiger partial charge in [0, 0.05) is 28.4 Å². The van der Waals surface area contributed by atoms with Crippen LogP contribution in [-0.4, -0.2) is 17.0 Å². The lowest BCUT2D eigenvalue weighted by Crippen LogP contribution is -2.01. The summed E-state index contributed by atoms with van der Waals surface area (Å²) in [5.41, 5.74) is 3.42. The molecule has 16 heavy (non-hydrogen) atoms. The fourth-order valence-electron chi connectivity index (χ4n) is 1.78. The van der Waals surface area contributed by atoms with Crippen LogP contribution in [0.25, 0.3) is 11.3 Å². The fraction of sp³-hybridized carbons (Fsp3) is 0.333. The Morgan fingerprint density at radius 3 is 2.75 bits per heavy atom. The van der Waals surface area contributed by atoms with Gasteiger partial charge in [0.1, 0.15) is 12.1 Å². The number of hydrogen-bond acceptors (Lipinski definition) is 4. The lowest BCUT2D eigenvalue weighted by molar-refractivity contribution is 1.05. The van der Waals surface area contributed by atoms with E-state index in [1.807, 2.05) is 7.05 Å². The summed E-state index contributed by atoms with van der Waals surface area (Å²) in [5, 5.41) is 5.26. The molecule has 0 unspecified atom stereocenters. The first-order valence-electron chi connectivity index (χ1n) is 5.33. The zero-order chi connectivity index (χ0) is 11.5. The van der Waals surface area contributed by atoms with Crippen molar-refractivity contribution in [2.45, 2.75) is 20.3 Å². The van der Waals surface area contributed by atoms with E-state index in [1.165, 1.54) is 16.0 Å². The Bertz CT molecular complexity index is 491. The fourth-order valence-corrected chi connectivity index (χ4v) is 2.47. The number of aromatic nitrogens is 2. The maximum absolute atomic E-state index is 4.40. The van der Waals surface area contributed by atoms with E-state index in [0.29, 0.717) is 0 Å². The summed E-state index contributed by atoms with van der Waals surface area (Å²) >= 11 is 1.75. The number of nitrogens with one attached hydrogen (secondary N) is 1. The first-order valence-corrected chi connectivity index (χ1v) is 6.21. The zero-order valence-corrected chi connectivity index (χ0v) is 10.6. The third-order valence-electron chi connectivity index (χ3n) is 2.54. The molecular formula is C12H15N3S. The number of nitrogens with zero attached hydrogens (tertiary/aromatic N) is 2. The third kappa shape index (κ3) is 1.93. The van der Waals surface area contributed by atoms with E-state index < -0.39 is 0 Å². The van der Waals surface area contributed by atoms with Crippen molar-refractivity contribution < 1.29 is 0 Å². The molecule has 2 aromatic heterocycles. The van der Waals surface area contributed by atoms with Crippen molar-refractivity contribution in [1.82, 2.24) is 9.97 Å². The predicted octanol–water partition coefficient (Wildman–Crippen LogP) is 3.12. The van der Waals surface area contributed by atoms with E-state index >= 15 is 0 Å². The molecular weight excluding hydrogens is 218 g/mol. The highest BCUT2D eigenvalue weighted by Crippen LogP contribution is 2.29. The molecule has 0 bridgehead atoms. The highest BCUT2D eigenvalue weighted by Gasteiger charge is 2.11. The van der Waals surface area contributed by atoms with Gasteiger partial charge in [-0.25, -0.2) is 9.97 Å². The molecule has 0 aromatic carbocycles. The molecule has 84 valence electrons. The molecule has 2 rings (SSSR count). The Morgan fingerprint density at radius 2 is 2.19 bits per heavy atom. The second kappa shape index (κ2) is 4.61. The van der Waals surface area contributed by atoms with Crippen molar-refractivity contribution in [2.75, 3.05) is 12.4 Å². The molecule has 2 aromatic rings. The van der Waals surface area contributed by atoms with Gasteiger partial charge >= 0.3 is 0 Å². The molecule has 0 aliphatic heterocycles. The van der Waals surface area contributed by atoms with E-state index in [-0.39, 0.29) is 0 Å². The second-order valence-corrected chi connectivity index (χ2v) is 4.71. The molecule has 0 saturated carbocycles. The van der Waals surface area contributed by atoms with Crippen molar-refractivity contribution in [1.29, 1.82) is 0 Å². The summed E-state index contributed by atoms with van der Waals surface area (Å²) in [5.74, 6) is 0.927. The van der Waals surface area contributed by atoms with Gasteiger partial charge in [0.25, 0.3) is 0 Å². The van der Waals surface area contributed by atoms with Crippen molar-refractivity contribution in [2.24, 2.45) is 0 Å². The Kier molecular flexibility index (Phi) is 3.19. The van der Waals surface area contributed by atoms with E-state index in [2.05, 4.69) is 40.6 Å². The van der Waals surface area contributed by atoms with Gasteiger partial charge in [-0.3, -0.25) is 0 Å². The largest absolute Gasteiger partial charge is 0.373 e. The minimum absolute atomic E-state index is 0.927. The summed E-state index contributed by atoms with van der Waals surface area (Å²) in [6.45, 7) is 4.24. The van der Waals surface area contributed by atoms with Gasteiger partial charge in [-0.1, -0.05) is 6.92 Å². The van der Waals surface area contributed by atoms with E-state index in [4.69, 9.17) is 0 Å². The topological polar surface area (TPSA) is 37.8 Å². The number of aryl methyl sites for hydroxylation is 1. The van der Waals surface area contributed by atoms with Gasteiger partial charge in [0.15, 0.2) is 0 Å². The van der Waals surface area contributed by atoms with Gasteiger partial charge in [0.05, 0.1) is 5.69 Å². The molecule has 0 radical (unpaired) electrons. The summed E-state index contributed by atoms with van der Waals surface area (Å²) in [6, 6.07) is 2.17. The molecule has 0 amide bonds. The number of anilines is 1. The van der Waals surface area contributed by atoms with Crippen LogP contribution in [0.2, 0.25) is 0 Å². The summed E-state index contributed by atoms with van der Waals surface area (Å²) in [4.78, 5) is 9.95. The lowest BCUT2D eigenvalue weighted by atomic mass is 10.1. The summed E-state index contributed by atoms with van der Waals surface area (Å²) in [6.07, 6.45) is 2.55. The Hall–Kier alpha value is -1.42. The minimum atomic E-state index is 0.927. The number of hydrogen-bond donors (Lipinski definition) is 1. The van der Waals surface area contributed by atoms with Crippen LogP contribution in [0, 0.1) is 6.92 Å². The van der Waals surface area contributed by atoms with Gasteiger partial charge in [0.2, 0.25) is 0 Å². The van der Waals surface area contributed by atoms with Crippen LogP contribution in [0.3, 0.4) is 0 Å². The highest BCUT2D eigenvalue weighted by molar-refractivity contribution is 7.10. The lowest BCUT2D eigenvalue weighted by Gasteiger charge is -2.09. The second-order valence-electron chi connectivity index (χ2n) is 3.60. The maximum atomic E-state index is 4.40. The SMILES string of the molecule is CCc1c(NC)ncnc1-c1csc(C)c1. The molecule has 2 heterocycles. The molecule has 0 spiro atoms. The monoisotopic (exact) mass is 233 g/mol. The quantitative estimate of drug-likeness (QED) is 0.885. The number of thiophene rings is 1. The van der Waals surface area contributed by atoms with Crippen molar-refractivity contribution in [3.63, 3.8) is 0 Å². The van der Waals surface area contributed by atoms with Gasteiger partial charge in [-0.15, -0.1) is 11.3 Å². The normalized spacial score (nSPS) is 10.4. The molecule has 0 aliphatic carbocycles. The van der Waals surface area contributed by atoms with Crippen LogP contribution in [0.1, 0.15) is 17.4 Å². The minimum Gasteiger partial charge on any atom is -0.373 e. The maximum Gasteiger partial charge on any atom is 0.132 e. The average molecular weight is 233 g/mol. The van der Waals surface area contributed by atoms with E-state index in [1.54, 1.807) is 17.7 Å². The first kappa shape index (κ1) is 11.1. The van der Waals surface area contributed by atoms with Gasteiger partial charge < -0.3 is 5.32 Å². The average Bonchev–Trinajstić information content (AvgIpc) is 2.74. The van der Waals surface area contributed by atoms with Crippen molar-refractivity contribution in [3.05, 3.63) is 28.2 Å². The van der Waals surface area contributed by atoms with Crippen LogP contribution in [0.5, 0.6) is 0 Å². The number of rotatable bonds is 3. The van der Waals surface area contributed by atoms with E-state index in [9.17, 15) is 0 Å². The molecule has 0 aliphatic rings. The smallest absolute Gasteiger partial charge is 0.132 e. The van der Waals surface area contributed by atoms with Gasteiger partial charge in [-0.05, 0) is 19.4 Å². The van der Waals surface area contributed by atoms with Crippen LogP contribution < -0.4 is 5.32 Å². The summed E-state index contributed by atoms with van der Waals surface area (Å²) < 4.78 is 0. The molecule has 1 N–H and O–H groups in total. The van der Waals surface area contributed by atoms with Crippen LogP contribution in [0.15, 0.2) is 17.8 Å². The predicted molar refractivity (Wildman–Crippen MR) is 69.0 cm³/mol. The molecule has 0 atom stereocenters. The Labute approximate surface area is 99.6 Å². The molecule has 3 nitrogen and oxygen atoms in total. The zero-order valence-electron chi connectivity index (χ0n) is 9.74. The summed E-state index contributed by atoms with van der Waals surface area (Å²) in [7, 11) is 1.89. The van der Waals surface area contributed by atoms with Crippen LogP contribution >= 0.6 is 11.3 Å². The third-order valence-corrected chi connectivity index (χ3v) is 3.40. The standard InChI is InChI=1S/C12H15N3S/c1-4-10-11(9-5-8(2)16-6-9)14-7-15-12(10)13-3/h5-7H,4H2,1-3H3,(H,13,14,15). The van der Waals surface area contributed by atoms with Crippen LogP contribution in [0.4, 0.5) is 5.82 Å². The van der Waals surface area contributed by atoms with Gasteiger partial charge in [-0.2, -0.15) is 0 Å².